The van der Waals surface area contributed by atoms with Gasteiger partial charge in [-0.15, -0.1) is 0 Å². The molecular formula is C31H34F7NO3. The van der Waals surface area contributed by atoms with Gasteiger partial charge < -0.3 is 9.47 Å². The molecule has 0 N–H and O–H groups in total. The first-order chi connectivity index (χ1) is 19.3. The first-order valence-corrected chi connectivity index (χ1v) is 13.7. The number of ether oxygens (including phenoxy) is 2. The lowest BCUT2D eigenvalue weighted by Crippen LogP contribution is -2.35. The molecule has 0 radical (unpaired) electrons. The van der Waals surface area contributed by atoms with Gasteiger partial charge in [0.05, 0.1) is 24.3 Å². The summed E-state index contributed by atoms with van der Waals surface area (Å²) in [4.78, 5) is 14.4. The highest BCUT2D eigenvalue weighted by molar-refractivity contribution is 5.77. The van der Waals surface area contributed by atoms with Gasteiger partial charge in [0, 0.05) is 18.2 Å². The number of hydrogen-bond donors (Lipinski definition) is 0. The van der Waals surface area contributed by atoms with Crippen LogP contribution in [-0.2, 0) is 17.1 Å². The number of rotatable bonds is 6. The molecule has 2 aliphatic rings. The number of benzene rings is 2. The van der Waals surface area contributed by atoms with Gasteiger partial charge in [-0.05, 0) is 84.1 Å². The summed E-state index contributed by atoms with van der Waals surface area (Å²) >= 11 is 0. The number of carbonyl (C=O) groups excluding carboxylic acids is 1. The molecule has 1 aliphatic heterocycles. The number of amides is 1. The predicted molar refractivity (Wildman–Crippen MR) is 143 cm³/mol. The van der Waals surface area contributed by atoms with Crippen molar-refractivity contribution in [3.8, 4) is 5.75 Å². The monoisotopic (exact) mass is 601 g/mol. The smallest absolute Gasteiger partial charge is 0.416 e. The van der Waals surface area contributed by atoms with E-state index in [1.807, 2.05) is 13.8 Å². The third kappa shape index (κ3) is 6.39. The molecule has 2 aromatic rings. The van der Waals surface area contributed by atoms with Crippen LogP contribution in [0.15, 0.2) is 35.9 Å². The lowest BCUT2D eigenvalue weighted by atomic mass is 9.72. The van der Waals surface area contributed by atoms with Gasteiger partial charge in [0.1, 0.15) is 17.7 Å². The van der Waals surface area contributed by atoms with Crippen molar-refractivity contribution >= 4 is 11.7 Å². The summed E-state index contributed by atoms with van der Waals surface area (Å²) in [5.41, 5.74) is -0.556. The Morgan fingerprint density at radius 3 is 2.14 bits per heavy atom. The van der Waals surface area contributed by atoms with Crippen molar-refractivity contribution in [1.82, 2.24) is 4.90 Å². The van der Waals surface area contributed by atoms with Gasteiger partial charge in [-0.25, -0.2) is 9.18 Å². The number of alkyl halides is 6. The van der Waals surface area contributed by atoms with Crippen LogP contribution in [-0.4, -0.2) is 30.7 Å². The number of cyclic esters (lactones) is 1. The van der Waals surface area contributed by atoms with Crippen molar-refractivity contribution in [3.63, 3.8) is 0 Å². The Bertz CT molecular complexity index is 1360. The molecule has 11 heteroatoms. The van der Waals surface area contributed by atoms with Gasteiger partial charge in [0.2, 0.25) is 0 Å². The van der Waals surface area contributed by atoms with Crippen molar-refractivity contribution in [1.29, 1.82) is 0 Å². The Morgan fingerprint density at radius 2 is 1.62 bits per heavy atom. The van der Waals surface area contributed by atoms with E-state index in [0.29, 0.717) is 41.9 Å². The summed E-state index contributed by atoms with van der Waals surface area (Å²) in [5.74, 6) is -0.180. The number of methoxy groups -OCH3 is 1. The molecule has 0 aromatic heterocycles. The fraction of sp³-hybridized carbons (Fsp3) is 0.516. The summed E-state index contributed by atoms with van der Waals surface area (Å²) in [6.45, 7) is 9.51. The lowest BCUT2D eigenvalue weighted by molar-refractivity contribution is -0.143. The molecule has 1 saturated heterocycles. The van der Waals surface area contributed by atoms with Crippen molar-refractivity contribution in [2.45, 2.75) is 84.3 Å². The number of allylic oxidation sites excluding steroid dienone is 1. The molecule has 1 unspecified atom stereocenters. The van der Waals surface area contributed by atoms with Crippen LogP contribution in [0.2, 0.25) is 0 Å². The number of nitrogens with zero attached hydrogens (tertiary/aromatic N) is 1. The second-order valence-electron chi connectivity index (χ2n) is 12.2. The van der Waals surface area contributed by atoms with Crippen LogP contribution in [0.1, 0.15) is 93.7 Å². The average molecular weight is 602 g/mol. The van der Waals surface area contributed by atoms with E-state index in [-0.39, 0.29) is 29.5 Å². The maximum atomic E-state index is 14.8. The van der Waals surface area contributed by atoms with Crippen LogP contribution in [0.3, 0.4) is 0 Å². The molecule has 4 rings (SSSR count). The highest BCUT2D eigenvalue weighted by Crippen LogP contribution is 2.47. The van der Waals surface area contributed by atoms with E-state index in [2.05, 4.69) is 13.8 Å². The van der Waals surface area contributed by atoms with Crippen LogP contribution in [0.4, 0.5) is 35.5 Å². The van der Waals surface area contributed by atoms with E-state index in [0.717, 1.165) is 17.6 Å². The summed E-state index contributed by atoms with van der Waals surface area (Å²) in [6, 6.07) is 3.46. The molecule has 0 bridgehead atoms. The predicted octanol–water partition coefficient (Wildman–Crippen LogP) is 9.54. The number of halogens is 7. The SMILES string of the molecule is COc1cc(F)c(C(C)C)cc1C1=C(CN2C(=O)OC(c3cc(C(F)(F)F)cc(C(F)(F)F)c3)[C@@H]2C)CCC(C)(C)C1. The van der Waals surface area contributed by atoms with E-state index in [1.54, 1.807) is 6.07 Å². The molecule has 230 valence electrons. The Hall–Kier alpha value is -3.24. The zero-order chi connectivity index (χ0) is 31.4. The molecule has 2 atom stereocenters. The first kappa shape index (κ1) is 31.7. The topological polar surface area (TPSA) is 38.8 Å². The van der Waals surface area contributed by atoms with E-state index in [4.69, 9.17) is 9.47 Å². The molecule has 0 spiro atoms. The summed E-state index contributed by atoms with van der Waals surface area (Å²) < 4.78 is 107. The average Bonchev–Trinajstić information content (AvgIpc) is 3.16. The third-order valence-electron chi connectivity index (χ3n) is 8.14. The minimum atomic E-state index is -5.03. The summed E-state index contributed by atoms with van der Waals surface area (Å²) in [7, 11) is 1.44. The largest absolute Gasteiger partial charge is 0.496 e. The van der Waals surface area contributed by atoms with Crippen LogP contribution in [0.25, 0.3) is 5.57 Å². The molecule has 1 amide bonds. The molecule has 4 nitrogen and oxygen atoms in total. The second-order valence-corrected chi connectivity index (χ2v) is 12.2. The number of hydrogen-bond acceptors (Lipinski definition) is 3. The van der Waals surface area contributed by atoms with Crippen molar-refractivity contribution in [3.05, 3.63) is 69.5 Å². The van der Waals surface area contributed by atoms with E-state index < -0.39 is 47.5 Å². The van der Waals surface area contributed by atoms with Crippen molar-refractivity contribution in [2.24, 2.45) is 5.41 Å². The quantitative estimate of drug-likeness (QED) is 0.310. The van der Waals surface area contributed by atoms with Crippen LogP contribution in [0.5, 0.6) is 5.75 Å². The van der Waals surface area contributed by atoms with Gasteiger partial charge in [-0.1, -0.05) is 27.7 Å². The fourth-order valence-electron chi connectivity index (χ4n) is 5.72. The zero-order valence-electron chi connectivity index (χ0n) is 24.3. The minimum Gasteiger partial charge on any atom is -0.496 e. The zero-order valence-corrected chi connectivity index (χ0v) is 24.3. The Morgan fingerprint density at radius 1 is 1.02 bits per heavy atom. The normalized spacial score (nSPS) is 21.3. The van der Waals surface area contributed by atoms with E-state index in [1.165, 1.54) is 25.0 Å². The number of carbonyl (C=O) groups is 1. The highest BCUT2D eigenvalue weighted by Gasteiger charge is 2.44. The molecule has 1 fully saturated rings. The van der Waals surface area contributed by atoms with Crippen molar-refractivity contribution in [2.75, 3.05) is 13.7 Å². The summed E-state index contributed by atoms with van der Waals surface area (Å²) in [5, 5.41) is 0. The van der Waals surface area contributed by atoms with Crippen LogP contribution in [0, 0.1) is 11.2 Å². The van der Waals surface area contributed by atoms with Gasteiger partial charge in [0.25, 0.3) is 0 Å². The van der Waals surface area contributed by atoms with Crippen molar-refractivity contribution < 1.29 is 45.0 Å². The van der Waals surface area contributed by atoms with Gasteiger partial charge in [-0.2, -0.15) is 26.3 Å². The first-order valence-electron chi connectivity index (χ1n) is 13.7. The van der Waals surface area contributed by atoms with Gasteiger partial charge in [0.15, 0.2) is 0 Å². The second kappa shape index (κ2) is 11.1. The molecular weight excluding hydrogens is 567 g/mol. The fourth-order valence-corrected chi connectivity index (χ4v) is 5.72. The molecule has 1 heterocycles. The minimum absolute atomic E-state index is 0.0462. The van der Waals surface area contributed by atoms with Gasteiger partial charge in [-0.3, -0.25) is 4.90 Å². The maximum absolute atomic E-state index is 14.8. The standard InChI is InChI=1S/C31H34F7NO3/c1-16(2)22-12-23(26(41-6)13-25(22)32)24-14-29(4,5)8-7-18(24)15-39-17(3)27(42-28(39)40)19-9-20(30(33,34)35)11-21(10-19)31(36,37)38/h9-13,16-17,27H,7-8,14-15H2,1-6H3/t17-,27?/m0/s1. The maximum Gasteiger partial charge on any atom is 0.416 e. The van der Waals surface area contributed by atoms with Gasteiger partial charge >= 0.3 is 18.4 Å². The van der Waals surface area contributed by atoms with Crippen LogP contribution < -0.4 is 4.74 Å². The molecule has 42 heavy (non-hydrogen) atoms. The highest BCUT2D eigenvalue weighted by atomic mass is 19.4. The Balaban J connectivity index is 1.76. The van der Waals surface area contributed by atoms with Crippen LogP contribution >= 0.6 is 0 Å². The molecule has 0 saturated carbocycles. The third-order valence-corrected chi connectivity index (χ3v) is 8.14. The van der Waals surface area contributed by atoms with E-state index in [9.17, 15) is 35.5 Å². The molecule has 2 aromatic carbocycles. The molecule has 1 aliphatic carbocycles. The Labute approximate surface area is 240 Å². The lowest BCUT2D eigenvalue weighted by Gasteiger charge is -2.36. The van der Waals surface area contributed by atoms with E-state index >= 15 is 0 Å². The summed E-state index contributed by atoms with van der Waals surface area (Å²) in [6.07, 6.45) is -10.3. The Kier molecular flexibility index (Phi) is 8.39.